The standard InChI is InChI=1S/C16H20N6/c1-20-14(2-7-17-20)12-21-9-4-13(5-10-21)15-6-11-22-16(19-15)3-8-18-22/h2-3,6-8,11,13H,4-5,9-10,12H2,1H3. The maximum absolute atomic E-state index is 4.74. The van der Waals surface area contributed by atoms with Crippen molar-refractivity contribution in [3.63, 3.8) is 0 Å². The summed E-state index contributed by atoms with van der Waals surface area (Å²) in [6.45, 7) is 3.21. The lowest BCUT2D eigenvalue weighted by molar-refractivity contribution is 0.199. The molecule has 4 heterocycles. The van der Waals surface area contributed by atoms with Gasteiger partial charge in [0.05, 0.1) is 11.9 Å². The lowest BCUT2D eigenvalue weighted by Crippen LogP contribution is -2.33. The normalized spacial score (nSPS) is 17.3. The average Bonchev–Trinajstić information content (AvgIpc) is 3.17. The highest BCUT2D eigenvalue weighted by atomic mass is 15.3. The van der Waals surface area contributed by atoms with E-state index in [0.717, 1.165) is 38.1 Å². The van der Waals surface area contributed by atoms with Gasteiger partial charge >= 0.3 is 0 Å². The summed E-state index contributed by atoms with van der Waals surface area (Å²) in [6, 6.07) is 6.17. The van der Waals surface area contributed by atoms with Crippen molar-refractivity contribution < 1.29 is 0 Å². The minimum atomic E-state index is 0.558. The Morgan fingerprint density at radius 2 is 1.91 bits per heavy atom. The number of aryl methyl sites for hydroxylation is 1. The molecular weight excluding hydrogens is 276 g/mol. The van der Waals surface area contributed by atoms with Crippen molar-refractivity contribution in [1.82, 2.24) is 29.3 Å². The molecule has 3 aromatic heterocycles. The van der Waals surface area contributed by atoms with Gasteiger partial charge in [0, 0.05) is 43.7 Å². The van der Waals surface area contributed by atoms with Gasteiger partial charge in [-0.3, -0.25) is 9.58 Å². The molecule has 0 saturated carbocycles. The number of piperidine rings is 1. The van der Waals surface area contributed by atoms with Crippen LogP contribution in [0.1, 0.15) is 30.1 Å². The van der Waals surface area contributed by atoms with Crippen LogP contribution in [-0.4, -0.2) is 42.4 Å². The summed E-state index contributed by atoms with van der Waals surface area (Å²) in [5.41, 5.74) is 3.42. The Labute approximate surface area is 129 Å². The minimum Gasteiger partial charge on any atom is -0.297 e. The number of aromatic nitrogens is 5. The van der Waals surface area contributed by atoms with Gasteiger partial charge in [-0.05, 0) is 38.1 Å². The molecule has 6 heteroatoms. The quantitative estimate of drug-likeness (QED) is 0.740. The van der Waals surface area contributed by atoms with Crippen molar-refractivity contribution in [1.29, 1.82) is 0 Å². The molecule has 0 spiro atoms. The van der Waals surface area contributed by atoms with Crippen LogP contribution in [0.15, 0.2) is 36.8 Å². The number of rotatable bonds is 3. The minimum absolute atomic E-state index is 0.558. The van der Waals surface area contributed by atoms with Crippen molar-refractivity contribution in [2.45, 2.75) is 25.3 Å². The predicted molar refractivity (Wildman–Crippen MR) is 83.4 cm³/mol. The van der Waals surface area contributed by atoms with E-state index in [2.05, 4.69) is 27.2 Å². The summed E-state index contributed by atoms with van der Waals surface area (Å²) < 4.78 is 3.78. The molecule has 1 saturated heterocycles. The van der Waals surface area contributed by atoms with Crippen LogP contribution in [0.2, 0.25) is 0 Å². The topological polar surface area (TPSA) is 51.2 Å². The number of hydrogen-bond donors (Lipinski definition) is 0. The van der Waals surface area contributed by atoms with Crippen LogP contribution in [0.25, 0.3) is 5.65 Å². The second-order valence-electron chi connectivity index (χ2n) is 5.98. The van der Waals surface area contributed by atoms with Crippen LogP contribution in [0, 0.1) is 0 Å². The molecule has 0 bridgehead atoms. The van der Waals surface area contributed by atoms with Gasteiger partial charge in [0.1, 0.15) is 0 Å². The molecular formula is C16H20N6. The fourth-order valence-electron chi connectivity index (χ4n) is 3.23. The molecule has 0 aliphatic carbocycles. The molecule has 0 atom stereocenters. The zero-order chi connectivity index (χ0) is 14.9. The van der Waals surface area contributed by atoms with Crippen LogP contribution in [-0.2, 0) is 13.6 Å². The highest BCUT2D eigenvalue weighted by Crippen LogP contribution is 2.27. The highest BCUT2D eigenvalue weighted by molar-refractivity contribution is 5.37. The fraction of sp³-hybridized carbons (Fsp3) is 0.438. The molecule has 0 amide bonds. The maximum atomic E-state index is 4.74. The zero-order valence-electron chi connectivity index (χ0n) is 12.8. The Balaban J connectivity index is 1.41. The van der Waals surface area contributed by atoms with Gasteiger partial charge in [0.25, 0.3) is 0 Å². The Kier molecular flexibility index (Phi) is 3.38. The third kappa shape index (κ3) is 2.50. The van der Waals surface area contributed by atoms with E-state index in [0.29, 0.717) is 5.92 Å². The Hall–Kier alpha value is -2.21. The average molecular weight is 296 g/mol. The molecule has 0 aromatic carbocycles. The molecule has 0 radical (unpaired) electrons. The first-order valence-corrected chi connectivity index (χ1v) is 7.79. The van der Waals surface area contributed by atoms with Crippen LogP contribution >= 0.6 is 0 Å². The molecule has 22 heavy (non-hydrogen) atoms. The van der Waals surface area contributed by atoms with E-state index < -0.39 is 0 Å². The molecule has 0 N–H and O–H groups in total. The van der Waals surface area contributed by atoms with E-state index in [4.69, 9.17) is 4.98 Å². The van der Waals surface area contributed by atoms with Crippen LogP contribution in [0.4, 0.5) is 0 Å². The van der Waals surface area contributed by atoms with Gasteiger partial charge in [0.15, 0.2) is 5.65 Å². The van der Waals surface area contributed by atoms with Crippen molar-refractivity contribution in [3.05, 3.63) is 48.2 Å². The second kappa shape index (κ2) is 5.53. The smallest absolute Gasteiger partial charge is 0.155 e. The number of likely N-dealkylation sites (tertiary alicyclic amines) is 1. The van der Waals surface area contributed by atoms with Crippen LogP contribution < -0.4 is 0 Å². The van der Waals surface area contributed by atoms with Gasteiger partial charge in [-0.25, -0.2) is 9.50 Å². The maximum Gasteiger partial charge on any atom is 0.155 e. The van der Waals surface area contributed by atoms with Crippen molar-refractivity contribution >= 4 is 5.65 Å². The van der Waals surface area contributed by atoms with Gasteiger partial charge < -0.3 is 0 Å². The van der Waals surface area contributed by atoms with Crippen molar-refractivity contribution in [2.24, 2.45) is 7.05 Å². The zero-order valence-corrected chi connectivity index (χ0v) is 12.8. The molecule has 3 aromatic rings. The fourth-order valence-corrected chi connectivity index (χ4v) is 3.23. The first-order chi connectivity index (χ1) is 10.8. The van der Waals surface area contributed by atoms with Crippen LogP contribution in [0.5, 0.6) is 0 Å². The van der Waals surface area contributed by atoms with E-state index in [1.165, 1.54) is 11.4 Å². The van der Waals surface area contributed by atoms with E-state index >= 15 is 0 Å². The van der Waals surface area contributed by atoms with Crippen molar-refractivity contribution in [3.8, 4) is 0 Å². The molecule has 6 nitrogen and oxygen atoms in total. The Bertz CT molecular complexity index is 766. The third-order valence-corrected chi connectivity index (χ3v) is 4.59. The van der Waals surface area contributed by atoms with E-state index in [-0.39, 0.29) is 0 Å². The first kappa shape index (κ1) is 13.5. The molecule has 1 aliphatic heterocycles. The van der Waals surface area contributed by atoms with Gasteiger partial charge in [-0.2, -0.15) is 10.2 Å². The second-order valence-corrected chi connectivity index (χ2v) is 5.98. The van der Waals surface area contributed by atoms with E-state index in [1.54, 1.807) is 6.20 Å². The van der Waals surface area contributed by atoms with Crippen LogP contribution in [0.3, 0.4) is 0 Å². The summed E-state index contributed by atoms with van der Waals surface area (Å²) >= 11 is 0. The number of nitrogens with zero attached hydrogens (tertiary/aromatic N) is 6. The van der Waals surface area contributed by atoms with E-state index in [9.17, 15) is 0 Å². The third-order valence-electron chi connectivity index (χ3n) is 4.59. The largest absolute Gasteiger partial charge is 0.297 e. The molecule has 0 unspecified atom stereocenters. The first-order valence-electron chi connectivity index (χ1n) is 7.79. The summed E-state index contributed by atoms with van der Waals surface area (Å²) in [7, 11) is 2.01. The Morgan fingerprint density at radius 1 is 1.09 bits per heavy atom. The predicted octanol–water partition coefficient (Wildman–Crippen LogP) is 1.84. The van der Waals surface area contributed by atoms with Gasteiger partial charge in [0.2, 0.25) is 0 Å². The molecule has 114 valence electrons. The summed E-state index contributed by atoms with van der Waals surface area (Å²) in [5.74, 6) is 0.558. The summed E-state index contributed by atoms with van der Waals surface area (Å²) in [6.07, 6.45) is 8.00. The number of fused-ring (bicyclic) bond motifs is 1. The Morgan fingerprint density at radius 3 is 2.68 bits per heavy atom. The monoisotopic (exact) mass is 296 g/mol. The number of hydrogen-bond acceptors (Lipinski definition) is 4. The van der Waals surface area contributed by atoms with Crippen molar-refractivity contribution in [2.75, 3.05) is 13.1 Å². The summed E-state index contributed by atoms with van der Waals surface area (Å²) in [5, 5.41) is 8.44. The molecule has 1 aliphatic rings. The lowest BCUT2D eigenvalue weighted by atomic mass is 9.93. The van der Waals surface area contributed by atoms with Gasteiger partial charge in [-0.1, -0.05) is 0 Å². The van der Waals surface area contributed by atoms with E-state index in [1.807, 2.05) is 34.7 Å². The summed E-state index contributed by atoms with van der Waals surface area (Å²) in [4.78, 5) is 7.25. The SMILES string of the molecule is Cn1nccc1CN1CCC(c2ccn3nccc3n2)CC1. The molecule has 1 fully saturated rings. The molecule has 4 rings (SSSR count). The van der Waals surface area contributed by atoms with Gasteiger partial charge in [-0.15, -0.1) is 0 Å². The lowest BCUT2D eigenvalue weighted by Gasteiger charge is -2.31. The highest BCUT2D eigenvalue weighted by Gasteiger charge is 2.22.